The van der Waals surface area contributed by atoms with Crippen LogP contribution in [0.1, 0.15) is 26.2 Å². The molecular formula is C13H19ClN2O2S. The van der Waals surface area contributed by atoms with Crippen molar-refractivity contribution in [3.05, 3.63) is 23.2 Å². The van der Waals surface area contributed by atoms with Crippen molar-refractivity contribution in [1.82, 2.24) is 4.31 Å². The first-order chi connectivity index (χ1) is 8.95. The molecule has 4 nitrogen and oxygen atoms in total. The molecule has 0 radical (unpaired) electrons. The zero-order chi connectivity index (χ0) is 14.0. The third kappa shape index (κ3) is 3.04. The van der Waals surface area contributed by atoms with Crippen molar-refractivity contribution >= 4 is 27.3 Å². The molecule has 0 amide bonds. The number of nitrogen functional groups attached to an aromatic ring is 1. The number of rotatable bonds is 5. The average molecular weight is 303 g/mol. The molecule has 1 aromatic carbocycles. The van der Waals surface area contributed by atoms with Crippen molar-refractivity contribution in [3.63, 3.8) is 0 Å². The van der Waals surface area contributed by atoms with E-state index < -0.39 is 10.0 Å². The molecule has 1 aliphatic carbocycles. The minimum atomic E-state index is -3.55. The van der Waals surface area contributed by atoms with Gasteiger partial charge in [-0.05, 0) is 37.0 Å². The quantitative estimate of drug-likeness (QED) is 0.851. The molecule has 106 valence electrons. The molecule has 1 aliphatic rings. The number of halogens is 1. The van der Waals surface area contributed by atoms with Crippen molar-refractivity contribution in [2.45, 2.75) is 31.1 Å². The van der Waals surface area contributed by atoms with Crippen molar-refractivity contribution in [1.29, 1.82) is 0 Å². The lowest BCUT2D eigenvalue weighted by Crippen LogP contribution is -2.37. The summed E-state index contributed by atoms with van der Waals surface area (Å²) in [5.41, 5.74) is 6.03. The number of nitrogens with zero attached hydrogens (tertiary/aromatic N) is 1. The summed E-state index contributed by atoms with van der Waals surface area (Å²) in [5.74, 6) is 0.482. The van der Waals surface area contributed by atoms with Gasteiger partial charge in [-0.1, -0.05) is 24.9 Å². The Hall–Kier alpha value is -0.780. The van der Waals surface area contributed by atoms with E-state index in [1.165, 1.54) is 22.9 Å². The minimum Gasteiger partial charge on any atom is -0.398 e. The van der Waals surface area contributed by atoms with Crippen LogP contribution >= 0.6 is 11.6 Å². The third-order valence-electron chi connectivity index (χ3n) is 3.63. The first-order valence-electron chi connectivity index (χ1n) is 6.50. The maximum Gasteiger partial charge on any atom is 0.245 e. The second kappa shape index (κ2) is 5.69. The molecule has 6 heteroatoms. The molecular weight excluding hydrogens is 284 g/mol. The molecule has 0 atom stereocenters. The Kier molecular flexibility index (Phi) is 4.38. The standard InChI is InChI=1S/C13H19ClN2O2S/c1-2-16(9-10-4-3-5-10)19(17,18)13-8-11(14)6-7-12(13)15/h6-8,10H,2-5,9,15H2,1H3. The van der Waals surface area contributed by atoms with Gasteiger partial charge in [-0.3, -0.25) is 0 Å². The van der Waals surface area contributed by atoms with Gasteiger partial charge in [0.2, 0.25) is 10.0 Å². The van der Waals surface area contributed by atoms with Gasteiger partial charge in [0.05, 0.1) is 5.69 Å². The molecule has 0 saturated heterocycles. The monoisotopic (exact) mass is 302 g/mol. The summed E-state index contributed by atoms with van der Waals surface area (Å²) in [6.45, 7) is 2.87. The number of anilines is 1. The summed E-state index contributed by atoms with van der Waals surface area (Å²) < 4.78 is 26.7. The Labute approximate surface area is 119 Å². The van der Waals surface area contributed by atoms with Gasteiger partial charge < -0.3 is 5.73 Å². The van der Waals surface area contributed by atoms with Gasteiger partial charge in [-0.2, -0.15) is 4.31 Å². The maximum atomic E-state index is 12.6. The van der Waals surface area contributed by atoms with Crippen molar-refractivity contribution in [2.75, 3.05) is 18.8 Å². The van der Waals surface area contributed by atoms with Gasteiger partial charge in [-0.25, -0.2) is 8.42 Å². The van der Waals surface area contributed by atoms with Crippen LogP contribution in [0.5, 0.6) is 0 Å². The van der Waals surface area contributed by atoms with E-state index in [1.807, 2.05) is 6.92 Å². The Morgan fingerprint density at radius 1 is 1.42 bits per heavy atom. The molecule has 0 bridgehead atoms. The van der Waals surface area contributed by atoms with Crippen LogP contribution in [0.3, 0.4) is 0 Å². The van der Waals surface area contributed by atoms with Crippen molar-refractivity contribution < 1.29 is 8.42 Å². The number of benzene rings is 1. The van der Waals surface area contributed by atoms with Gasteiger partial charge in [0.25, 0.3) is 0 Å². The predicted octanol–water partition coefficient (Wildman–Crippen LogP) is 2.73. The molecule has 2 N–H and O–H groups in total. The molecule has 2 rings (SSSR count). The first kappa shape index (κ1) is 14.6. The van der Waals surface area contributed by atoms with E-state index in [9.17, 15) is 8.42 Å². The summed E-state index contributed by atoms with van der Waals surface area (Å²) in [6.07, 6.45) is 3.41. The SMILES string of the molecule is CCN(CC1CCC1)S(=O)(=O)c1cc(Cl)ccc1N. The van der Waals surface area contributed by atoms with Gasteiger partial charge in [0.15, 0.2) is 0 Å². The number of hydrogen-bond acceptors (Lipinski definition) is 3. The van der Waals surface area contributed by atoms with Crippen LogP contribution in [0.2, 0.25) is 5.02 Å². The van der Waals surface area contributed by atoms with Crippen molar-refractivity contribution in [3.8, 4) is 0 Å². The Morgan fingerprint density at radius 2 is 2.11 bits per heavy atom. The number of sulfonamides is 1. The van der Waals surface area contributed by atoms with Gasteiger partial charge in [0.1, 0.15) is 4.90 Å². The molecule has 0 aromatic heterocycles. The van der Waals surface area contributed by atoms with Crippen LogP contribution in [0.4, 0.5) is 5.69 Å². The van der Waals surface area contributed by atoms with E-state index in [0.717, 1.165) is 12.8 Å². The minimum absolute atomic E-state index is 0.112. The molecule has 0 heterocycles. The smallest absolute Gasteiger partial charge is 0.245 e. The summed E-state index contributed by atoms with van der Waals surface area (Å²) in [6, 6.07) is 4.56. The first-order valence-corrected chi connectivity index (χ1v) is 8.32. The van der Waals surface area contributed by atoms with Crippen LogP contribution in [0.25, 0.3) is 0 Å². The summed E-state index contributed by atoms with van der Waals surface area (Å²) >= 11 is 5.88. The normalized spacial score (nSPS) is 16.6. The van der Waals surface area contributed by atoms with Gasteiger partial charge >= 0.3 is 0 Å². The van der Waals surface area contributed by atoms with E-state index in [2.05, 4.69) is 0 Å². The van der Waals surface area contributed by atoms with Crippen LogP contribution in [-0.4, -0.2) is 25.8 Å². The maximum absolute atomic E-state index is 12.6. The van der Waals surface area contributed by atoms with E-state index in [-0.39, 0.29) is 10.6 Å². The lowest BCUT2D eigenvalue weighted by atomic mass is 9.85. The lowest BCUT2D eigenvalue weighted by Gasteiger charge is -2.31. The number of hydrogen-bond donors (Lipinski definition) is 1. The van der Waals surface area contributed by atoms with E-state index in [1.54, 1.807) is 6.07 Å². The fourth-order valence-electron chi connectivity index (χ4n) is 2.23. The van der Waals surface area contributed by atoms with E-state index in [0.29, 0.717) is 24.0 Å². The van der Waals surface area contributed by atoms with E-state index >= 15 is 0 Å². The highest BCUT2D eigenvalue weighted by Crippen LogP contribution is 2.31. The zero-order valence-electron chi connectivity index (χ0n) is 11.0. The molecule has 0 unspecified atom stereocenters. The second-order valence-electron chi connectivity index (χ2n) is 4.93. The molecule has 19 heavy (non-hydrogen) atoms. The van der Waals surface area contributed by atoms with Gasteiger partial charge in [-0.15, -0.1) is 0 Å². The Balaban J connectivity index is 2.30. The highest BCUT2D eigenvalue weighted by atomic mass is 35.5. The van der Waals surface area contributed by atoms with Crippen LogP contribution < -0.4 is 5.73 Å². The highest BCUT2D eigenvalue weighted by molar-refractivity contribution is 7.89. The molecule has 0 aliphatic heterocycles. The summed E-state index contributed by atoms with van der Waals surface area (Å²) in [5, 5.41) is 0.382. The van der Waals surface area contributed by atoms with Crippen LogP contribution in [0.15, 0.2) is 23.1 Å². The summed E-state index contributed by atoms with van der Waals surface area (Å²) in [4.78, 5) is 0.112. The Bertz CT molecular complexity index is 556. The fraction of sp³-hybridized carbons (Fsp3) is 0.538. The van der Waals surface area contributed by atoms with E-state index in [4.69, 9.17) is 17.3 Å². The van der Waals surface area contributed by atoms with Crippen LogP contribution in [0, 0.1) is 5.92 Å². The average Bonchev–Trinajstić information content (AvgIpc) is 2.30. The molecule has 1 fully saturated rings. The lowest BCUT2D eigenvalue weighted by molar-refractivity contribution is 0.250. The van der Waals surface area contributed by atoms with Crippen LogP contribution in [-0.2, 0) is 10.0 Å². The fourth-order valence-corrected chi connectivity index (χ4v) is 4.13. The zero-order valence-corrected chi connectivity index (χ0v) is 12.5. The summed E-state index contributed by atoms with van der Waals surface area (Å²) in [7, 11) is -3.55. The number of nitrogens with two attached hydrogens (primary N) is 1. The predicted molar refractivity (Wildman–Crippen MR) is 77.6 cm³/mol. The largest absolute Gasteiger partial charge is 0.398 e. The van der Waals surface area contributed by atoms with Crippen molar-refractivity contribution in [2.24, 2.45) is 5.92 Å². The Morgan fingerprint density at radius 3 is 2.63 bits per heavy atom. The molecule has 0 spiro atoms. The third-order valence-corrected chi connectivity index (χ3v) is 5.86. The molecule has 1 saturated carbocycles. The molecule has 1 aromatic rings. The highest BCUT2D eigenvalue weighted by Gasteiger charge is 2.29. The topological polar surface area (TPSA) is 63.4 Å². The second-order valence-corrected chi connectivity index (χ2v) is 7.28. The van der Waals surface area contributed by atoms with Gasteiger partial charge in [0, 0.05) is 18.1 Å².